The molecule has 1 aromatic carbocycles. The van der Waals surface area contributed by atoms with Gasteiger partial charge in [0.15, 0.2) is 0 Å². The lowest BCUT2D eigenvalue weighted by atomic mass is 10.1. The van der Waals surface area contributed by atoms with Gasteiger partial charge in [0.05, 0.1) is 18.2 Å². The molecule has 5 heteroatoms. The van der Waals surface area contributed by atoms with Gasteiger partial charge in [0.2, 0.25) is 0 Å². The van der Waals surface area contributed by atoms with Crippen LogP contribution in [0.2, 0.25) is 0 Å². The standard InChI is InChI=1S/C16H17NO4/c1-12-14(8-10-21-12)16(20)17(9-7-15(18)19)11-13-5-3-2-4-6-13/h2-6,8,10H,7,9,11H2,1H3,(H,18,19). The van der Waals surface area contributed by atoms with Crippen molar-refractivity contribution in [3.8, 4) is 0 Å². The first-order valence-electron chi connectivity index (χ1n) is 6.67. The van der Waals surface area contributed by atoms with Crippen LogP contribution < -0.4 is 0 Å². The fourth-order valence-corrected chi connectivity index (χ4v) is 2.06. The predicted octanol–water partition coefficient (Wildman–Crippen LogP) is 2.71. The molecule has 0 spiro atoms. The minimum Gasteiger partial charge on any atom is -0.481 e. The van der Waals surface area contributed by atoms with Crippen molar-refractivity contribution in [1.29, 1.82) is 0 Å². The van der Waals surface area contributed by atoms with E-state index in [0.717, 1.165) is 5.56 Å². The molecule has 0 unspecified atom stereocenters. The molecule has 1 aromatic heterocycles. The average Bonchev–Trinajstić information content (AvgIpc) is 2.90. The van der Waals surface area contributed by atoms with Crippen LogP contribution in [-0.2, 0) is 11.3 Å². The Labute approximate surface area is 122 Å². The molecule has 1 N–H and O–H groups in total. The van der Waals surface area contributed by atoms with E-state index in [1.54, 1.807) is 13.0 Å². The molecule has 0 atom stereocenters. The maximum Gasteiger partial charge on any atom is 0.305 e. The van der Waals surface area contributed by atoms with Crippen LogP contribution in [0.25, 0.3) is 0 Å². The van der Waals surface area contributed by atoms with Gasteiger partial charge in [0.25, 0.3) is 5.91 Å². The van der Waals surface area contributed by atoms with Crippen LogP contribution in [0, 0.1) is 6.92 Å². The zero-order valence-corrected chi connectivity index (χ0v) is 11.8. The van der Waals surface area contributed by atoms with Crippen molar-refractivity contribution in [2.45, 2.75) is 19.9 Å². The number of benzene rings is 1. The van der Waals surface area contributed by atoms with E-state index in [1.807, 2.05) is 30.3 Å². The molecule has 5 nitrogen and oxygen atoms in total. The zero-order chi connectivity index (χ0) is 15.2. The van der Waals surface area contributed by atoms with Crippen LogP contribution in [0.1, 0.15) is 28.1 Å². The molecule has 0 saturated heterocycles. The summed E-state index contributed by atoms with van der Waals surface area (Å²) >= 11 is 0. The Hall–Kier alpha value is -2.56. The Morgan fingerprint density at radius 2 is 1.90 bits per heavy atom. The highest BCUT2D eigenvalue weighted by atomic mass is 16.4. The number of carbonyl (C=O) groups excluding carboxylic acids is 1. The zero-order valence-electron chi connectivity index (χ0n) is 11.8. The van der Waals surface area contributed by atoms with Crippen LogP contribution in [0.4, 0.5) is 0 Å². The van der Waals surface area contributed by atoms with Crippen molar-refractivity contribution in [1.82, 2.24) is 4.90 Å². The molecule has 110 valence electrons. The number of furan rings is 1. The number of amides is 1. The van der Waals surface area contributed by atoms with Gasteiger partial charge in [-0.1, -0.05) is 30.3 Å². The second kappa shape index (κ2) is 6.74. The molecule has 0 radical (unpaired) electrons. The molecule has 0 fully saturated rings. The van der Waals surface area contributed by atoms with Crippen LogP contribution in [-0.4, -0.2) is 28.4 Å². The van der Waals surface area contributed by atoms with E-state index in [0.29, 0.717) is 17.9 Å². The number of carbonyl (C=O) groups is 2. The van der Waals surface area contributed by atoms with Crippen molar-refractivity contribution in [2.24, 2.45) is 0 Å². The van der Waals surface area contributed by atoms with Crippen molar-refractivity contribution in [2.75, 3.05) is 6.54 Å². The lowest BCUT2D eigenvalue weighted by Crippen LogP contribution is -2.32. The molecule has 0 saturated carbocycles. The summed E-state index contributed by atoms with van der Waals surface area (Å²) in [6.45, 7) is 2.25. The van der Waals surface area contributed by atoms with Gasteiger partial charge in [-0.3, -0.25) is 9.59 Å². The summed E-state index contributed by atoms with van der Waals surface area (Å²) in [5.74, 6) is -0.607. The Bertz CT molecular complexity index is 618. The number of nitrogens with zero attached hydrogens (tertiary/aromatic N) is 1. The topological polar surface area (TPSA) is 70.8 Å². The molecule has 2 aromatic rings. The number of carboxylic acid groups (broad SMARTS) is 1. The second-order valence-corrected chi connectivity index (χ2v) is 4.75. The summed E-state index contributed by atoms with van der Waals surface area (Å²) in [7, 11) is 0. The minimum atomic E-state index is -0.926. The quantitative estimate of drug-likeness (QED) is 0.886. The van der Waals surface area contributed by atoms with Gasteiger partial charge in [-0.15, -0.1) is 0 Å². The third-order valence-corrected chi connectivity index (χ3v) is 3.19. The maximum atomic E-state index is 12.5. The van der Waals surface area contributed by atoms with E-state index in [-0.39, 0.29) is 18.9 Å². The summed E-state index contributed by atoms with van der Waals surface area (Å²) < 4.78 is 5.15. The summed E-state index contributed by atoms with van der Waals surface area (Å²) in [6, 6.07) is 11.1. The van der Waals surface area contributed by atoms with E-state index in [1.165, 1.54) is 11.2 Å². The molecule has 0 aliphatic heterocycles. The largest absolute Gasteiger partial charge is 0.481 e. The Kier molecular flexibility index (Phi) is 4.77. The average molecular weight is 287 g/mol. The van der Waals surface area contributed by atoms with Gasteiger partial charge in [-0.25, -0.2) is 0 Å². The van der Waals surface area contributed by atoms with Crippen molar-refractivity contribution >= 4 is 11.9 Å². The van der Waals surface area contributed by atoms with Gasteiger partial charge in [0, 0.05) is 13.1 Å². The van der Waals surface area contributed by atoms with Crippen molar-refractivity contribution in [3.63, 3.8) is 0 Å². The highest BCUT2D eigenvalue weighted by Crippen LogP contribution is 2.15. The van der Waals surface area contributed by atoms with Gasteiger partial charge in [0.1, 0.15) is 5.76 Å². The van der Waals surface area contributed by atoms with Crippen molar-refractivity contribution < 1.29 is 19.1 Å². The predicted molar refractivity (Wildman–Crippen MR) is 76.9 cm³/mol. The van der Waals surface area contributed by atoms with Crippen LogP contribution in [0.3, 0.4) is 0 Å². The SMILES string of the molecule is Cc1occc1C(=O)N(CCC(=O)O)Cc1ccccc1. The number of aryl methyl sites for hydroxylation is 1. The molecule has 21 heavy (non-hydrogen) atoms. The molecule has 1 amide bonds. The lowest BCUT2D eigenvalue weighted by molar-refractivity contribution is -0.137. The monoisotopic (exact) mass is 287 g/mol. The Morgan fingerprint density at radius 1 is 1.19 bits per heavy atom. The third-order valence-electron chi connectivity index (χ3n) is 3.19. The smallest absolute Gasteiger partial charge is 0.305 e. The lowest BCUT2D eigenvalue weighted by Gasteiger charge is -2.22. The number of rotatable bonds is 6. The Balaban J connectivity index is 2.17. The molecule has 2 rings (SSSR count). The molecule has 0 aliphatic rings. The molecule has 1 heterocycles. The molecule has 0 bridgehead atoms. The summed E-state index contributed by atoms with van der Waals surface area (Å²) in [5.41, 5.74) is 1.42. The number of hydrogen-bond donors (Lipinski definition) is 1. The number of aliphatic carboxylic acids is 1. The summed E-state index contributed by atoms with van der Waals surface area (Å²) in [5, 5.41) is 8.84. The fourth-order valence-electron chi connectivity index (χ4n) is 2.06. The van der Waals surface area contributed by atoms with E-state index < -0.39 is 5.97 Å². The highest BCUT2D eigenvalue weighted by Gasteiger charge is 2.20. The molecular weight excluding hydrogens is 270 g/mol. The molecular formula is C16H17NO4. The maximum absolute atomic E-state index is 12.5. The minimum absolute atomic E-state index is 0.0878. The number of carboxylic acids is 1. The Morgan fingerprint density at radius 3 is 2.48 bits per heavy atom. The van der Waals surface area contributed by atoms with Crippen molar-refractivity contribution in [3.05, 3.63) is 59.5 Å². The van der Waals surface area contributed by atoms with E-state index in [2.05, 4.69) is 0 Å². The van der Waals surface area contributed by atoms with Gasteiger partial charge in [-0.05, 0) is 18.6 Å². The first kappa shape index (κ1) is 14.8. The molecule has 0 aliphatic carbocycles. The first-order valence-corrected chi connectivity index (χ1v) is 6.67. The van der Waals surface area contributed by atoms with Gasteiger partial charge < -0.3 is 14.4 Å². The van der Waals surface area contributed by atoms with Gasteiger partial charge in [-0.2, -0.15) is 0 Å². The number of hydrogen-bond acceptors (Lipinski definition) is 3. The van der Waals surface area contributed by atoms with E-state index in [4.69, 9.17) is 9.52 Å². The second-order valence-electron chi connectivity index (χ2n) is 4.75. The van der Waals surface area contributed by atoms with Gasteiger partial charge >= 0.3 is 5.97 Å². The van der Waals surface area contributed by atoms with E-state index >= 15 is 0 Å². The first-order chi connectivity index (χ1) is 10.1. The van der Waals surface area contributed by atoms with Crippen LogP contribution >= 0.6 is 0 Å². The van der Waals surface area contributed by atoms with Crippen LogP contribution in [0.15, 0.2) is 47.1 Å². The van der Waals surface area contributed by atoms with E-state index in [9.17, 15) is 9.59 Å². The highest BCUT2D eigenvalue weighted by molar-refractivity contribution is 5.95. The normalized spacial score (nSPS) is 10.3. The summed E-state index contributed by atoms with van der Waals surface area (Å²) in [4.78, 5) is 24.8. The third kappa shape index (κ3) is 3.95. The fraction of sp³-hybridized carbons (Fsp3) is 0.250. The summed E-state index contributed by atoms with van der Waals surface area (Å²) in [6.07, 6.45) is 1.37. The van der Waals surface area contributed by atoms with Crippen LogP contribution in [0.5, 0.6) is 0 Å².